The van der Waals surface area contributed by atoms with Crippen molar-refractivity contribution in [3.05, 3.63) is 122 Å². The zero-order valence-corrected chi connectivity index (χ0v) is 23.0. The molecule has 0 saturated heterocycles. The number of nitrogens with zero attached hydrogens (tertiary/aromatic N) is 3. The van der Waals surface area contributed by atoms with Crippen LogP contribution in [0.3, 0.4) is 0 Å². The molecule has 0 aliphatic carbocycles. The van der Waals surface area contributed by atoms with E-state index in [-0.39, 0.29) is 28.8 Å². The van der Waals surface area contributed by atoms with Gasteiger partial charge in [-0.2, -0.15) is 9.78 Å². The molecular weight excluding hydrogens is 568 g/mol. The van der Waals surface area contributed by atoms with Crippen LogP contribution in [-0.2, 0) is 6.61 Å². The van der Waals surface area contributed by atoms with E-state index in [1.54, 1.807) is 72.8 Å². The van der Waals surface area contributed by atoms with Crippen molar-refractivity contribution in [2.24, 2.45) is 5.10 Å². The summed E-state index contributed by atoms with van der Waals surface area (Å²) in [6.07, 6.45) is 1.47. The molecule has 0 spiro atoms. The maximum atomic E-state index is 13.6. The molecule has 0 atom stereocenters. The van der Waals surface area contributed by atoms with E-state index >= 15 is 0 Å². The zero-order valence-electron chi connectivity index (χ0n) is 21.5. The van der Waals surface area contributed by atoms with Crippen LogP contribution in [0.25, 0.3) is 33.5 Å². The minimum absolute atomic E-state index is 0.161. The van der Waals surface area contributed by atoms with E-state index in [1.165, 1.54) is 30.1 Å². The number of halogens is 3. The number of fused-ring (bicyclic) bond motifs is 2. The molecule has 0 unspecified atom stereocenters. The molecule has 10 heteroatoms. The molecule has 2 heterocycles. The van der Waals surface area contributed by atoms with Crippen molar-refractivity contribution in [3.63, 3.8) is 0 Å². The van der Waals surface area contributed by atoms with Crippen LogP contribution in [0.4, 0.5) is 4.39 Å². The van der Waals surface area contributed by atoms with Crippen LogP contribution in [-0.4, -0.2) is 23.0 Å². The molecule has 0 aliphatic heterocycles. The standard InChI is InChI=1S/C31H20Cl2FN3O4/c1-39-27-13-19(12-24(33)29(27)40-17-18-6-9-22(34)10-7-18)16-35-37-30(36-25-5-3-2-4-23(25)31(37)38)28-15-20-14-21(32)8-11-26(20)41-28/h2-16H,17H2,1H3. The zero-order chi connectivity index (χ0) is 28.5. The summed E-state index contributed by atoms with van der Waals surface area (Å²) in [6, 6.07) is 23.3. The first-order chi connectivity index (χ1) is 19.9. The fraction of sp³-hybridized carbons (Fsp3) is 0.0645. The third kappa shape index (κ3) is 5.39. The number of benzene rings is 4. The van der Waals surface area contributed by atoms with Crippen LogP contribution in [0.1, 0.15) is 11.1 Å². The lowest BCUT2D eigenvalue weighted by Gasteiger charge is -2.13. The van der Waals surface area contributed by atoms with Crippen molar-refractivity contribution in [1.82, 2.24) is 9.66 Å². The van der Waals surface area contributed by atoms with Crippen LogP contribution in [0.2, 0.25) is 10.0 Å². The van der Waals surface area contributed by atoms with Crippen molar-refractivity contribution in [1.29, 1.82) is 0 Å². The molecule has 2 aromatic heterocycles. The Kier molecular flexibility index (Phi) is 7.17. The van der Waals surface area contributed by atoms with E-state index in [0.29, 0.717) is 44.3 Å². The highest BCUT2D eigenvalue weighted by atomic mass is 35.5. The second-order valence-corrected chi connectivity index (χ2v) is 9.90. The second kappa shape index (κ2) is 11.1. The Hall–Kier alpha value is -4.66. The summed E-state index contributed by atoms with van der Waals surface area (Å²) in [6.45, 7) is 0.161. The normalized spacial score (nSPS) is 11.5. The fourth-order valence-electron chi connectivity index (χ4n) is 4.33. The van der Waals surface area contributed by atoms with Gasteiger partial charge in [0.15, 0.2) is 17.3 Å². The van der Waals surface area contributed by atoms with Crippen LogP contribution in [0.5, 0.6) is 11.5 Å². The average molecular weight is 588 g/mol. The summed E-state index contributed by atoms with van der Waals surface area (Å²) >= 11 is 12.7. The largest absolute Gasteiger partial charge is 0.493 e. The number of aromatic nitrogens is 2. The minimum atomic E-state index is -0.377. The molecule has 41 heavy (non-hydrogen) atoms. The topological polar surface area (TPSA) is 78.9 Å². The van der Waals surface area contributed by atoms with Crippen molar-refractivity contribution in [3.8, 4) is 23.1 Å². The SMILES string of the molecule is COc1cc(C=Nn2c(-c3cc4cc(Cl)ccc4o3)nc3ccccc3c2=O)cc(Cl)c1OCc1ccc(F)cc1. The molecule has 0 fully saturated rings. The summed E-state index contributed by atoms with van der Waals surface area (Å²) in [5, 5.41) is 6.46. The van der Waals surface area contributed by atoms with Crippen molar-refractivity contribution in [2.75, 3.05) is 7.11 Å². The highest BCUT2D eigenvalue weighted by Crippen LogP contribution is 2.37. The molecular formula is C31H20Cl2FN3O4. The molecule has 0 aliphatic rings. The first kappa shape index (κ1) is 26.6. The number of rotatable bonds is 7. The predicted octanol–water partition coefficient (Wildman–Crippen LogP) is 7.73. The Balaban J connectivity index is 1.39. The lowest BCUT2D eigenvalue weighted by Crippen LogP contribution is -2.20. The van der Waals surface area contributed by atoms with Crippen LogP contribution in [0, 0.1) is 5.82 Å². The molecule has 6 aromatic rings. The Labute approximate surface area is 243 Å². The lowest BCUT2D eigenvalue weighted by molar-refractivity contribution is 0.284. The number of hydrogen-bond acceptors (Lipinski definition) is 6. The first-order valence-corrected chi connectivity index (χ1v) is 13.2. The van der Waals surface area contributed by atoms with Crippen LogP contribution >= 0.6 is 23.2 Å². The molecule has 0 bridgehead atoms. The number of para-hydroxylation sites is 1. The molecule has 0 radical (unpaired) electrons. The Bertz CT molecular complexity index is 2000. The van der Waals surface area contributed by atoms with Gasteiger partial charge in [-0.1, -0.05) is 47.5 Å². The van der Waals surface area contributed by atoms with Gasteiger partial charge in [0, 0.05) is 10.4 Å². The fourth-order valence-corrected chi connectivity index (χ4v) is 4.78. The maximum Gasteiger partial charge on any atom is 0.282 e. The molecule has 204 valence electrons. The first-order valence-electron chi connectivity index (χ1n) is 12.4. The summed E-state index contributed by atoms with van der Waals surface area (Å²) < 4.78 is 31.8. The van der Waals surface area contributed by atoms with E-state index in [0.717, 1.165) is 10.9 Å². The van der Waals surface area contributed by atoms with E-state index in [1.807, 2.05) is 0 Å². The monoisotopic (exact) mass is 587 g/mol. The summed E-state index contributed by atoms with van der Waals surface area (Å²) in [4.78, 5) is 18.2. The number of ether oxygens (including phenoxy) is 2. The summed E-state index contributed by atoms with van der Waals surface area (Å²) in [5.74, 6) is 0.917. The Morgan fingerprint density at radius 1 is 1.02 bits per heavy atom. The molecule has 4 aromatic carbocycles. The molecule has 7 nitrogen and oxygen atoms in total. The molecule has 0 amide bonds. The number of methoxy groups -OCH3 is 1. The third-order valence-corrected chi connectivity index (χ3v) is 6.84. The third-order valence-electron chi connectivity index (χ3n) is 6.32. The van der Waals surface area contributed by atoms with Gasteiger partial charge in [-0.15, -0.1) is 0 Å². The number of hydrogen-bond donors (Lipinski definition) is 0. The van der Waals surface area contributed by atoms with Gasteiger partial charge in [-0.25, -0.2) is 9.37 Å². The molecule has 6 rings (SSSR count). The predicted molar refractivity (Wildman–Crippen MR) is 158 cm³/mol. The van der Waals surface area contributed by atoms with Gasteiger partial charge in [0.25, 0.3) is 5.56 Å². The van der Waals surface area contributed by atoms with E-state index in [9.17, 15) is 9.18 Å². The van der Waals surface area contributed by atoms with Crippen molar-refractivity contribution >= 4 is 51.3 Å². The molecule has 0 N–H and O–H groups in total. The smallest absolute Gasteiger partial charge is 0.282 e. The quantitative estimate of drug-likeness (QED) is 0.179. The number of furan rings is 1. The van der Waals surface area contributed by atoms with Gasteiger partial charge in [0.05, 0.1) is 29.2 Å². The van der Waals surface area contributed by atoms with Gasteiger partial charge < -0.3 is 13.9 Å². The Morgan fingerprint density at radius 3 is 2.63 bits per heavy atom. The highest BCUT2D eigenvalue weighted by Gasteiger charge is 2.17. The van der Waals surface area contributed by atoms with E-state index in [4.69, 9.17) is 37.1 Å². The second-order valence-electron chi connectivity index (χ2n) is 9.06. The summed E-state index contributed by atoms with van der Waals surface area (Å²) in [7, 11) is 1.49. The van der Waals surface area contributed by atoms with E-state index < -0.39 is 0 Å². The summed E-state index contributed by atoms with van der Waals surface area (Å²) in [5.41, 5.74) is 2.03. The van der Waals surface area contributed by atoms with Crippen LogP contribution in [0.15, 0.2) is 99.2 Å². The Morgan fingerprint density at radius 2 is 1.83 bits per heavy atom. The highest BCUT2D eigenvalue weighted by molar-refractivity contribution is 6.32. The average Bonchev–Trinajstić information content (AvgIpc) is 3.39. The lowest BCUT2D eigenvalue weighted by atomic mass is 10.2. The van der Waals surface area contributed by atoms with Gasteiger partial charge in [0.2, 0.25) is 5.82 Å². The van der Waals surface area contributed by atoms with Crippen molar-refractivity contribution < 1.29 is 18.3 Å². The van der Waals surface area contributed by atoms with Gasteiger partial charge in [-0.05, 0) is 71.8 Å². The van der Waals surface area contributed by atoms with Gasteiger partial charge in [-0.3, -0.25) is 4.79 Å². The maximum absolute atomic E-state index is 13.6. The van der Waals surface area contributed by atoms with E-state index in [2.05, 4.69) is 10.1 Å². The van der Waals surface area contributed by atoms with Crippen LogP contribution < -0.4 is 15.0 Å². The molecule has 0 saturated carbocycles. The minimum Gasteiger partial charge on any atom is -0.493 e. The van der Waals surface area contributed by atoms with Crippen molar-refractivity contribution in [2.45, 2.75) is 6.61 Å². The van der Waals surface area contributed by atoms with Gasteiger partial charge >= 0.3 is 0 Å². The van der Waals surface area contributed by atoms with Gasteiger partial charge in [0.1, 0.15) is 18.0 Å².